The number of para-hydroxylation sites is 2. The number of hydrogen-bond donors (Lipinski definition) is 0. The van der Waals surface area contributed by atoms with Gasteiger partial charge in [-0.25, -0.2) is 0 Å². The van der Waals surface area contributed by atoms with E-state index in [0.717, 1.165) is 111 Å². The van der Waals surface area contributed by atoms with Crippen molar-refractivity contribution in [2.24, 2.45) is 0 Å². The SMILES string of the molecule is [Pt+2].[c-]1c(-c2ccccc2-c2[c-]c(-c3cc4c(cc3-c3ccccn3)oc3ccccc34)ccc2)cccc1-c1cc2c(cc1-c1ccccn1)oc1ccccc12. The molecule has 270 valence electrons. The number of rotatable bonds is 6. The molecular formula is C52H30N2O2Pt. The average Bonchev–Trinajstić information content (AvgIpc) is 3.83. The molecule has 0 aliphatic carbocycles. The first-order valence-electron chi connectivity index (χ1n) is 18.6. The molecule has 0 saturated heterocycles. The number of fused-ring (bicyclic) bond motifs is 6. The number of hydrogen-bond acceptors (Lipinski definition) is 4. The van der Waals surface area contributed by atoms with Gasteiger partial charge in [0.15, 0.2) is 0 Å². The normalized spacial score (nSPS) is 11.4. The van der Waals surface area contributed by atoms with Crippen LogP contribution in [0.15, 0.2) is 191 Å². The zero-order valence-corrected chi connectivity index (χ0v) is 32.6. The van der Waals surface area contributed by atoms with Gasteiger partial charge in [-0.3, -0.25) is 9.97 Å². The van der Waals surface area contributed by atoms with Gasteiger partial charge in [-0.15, -0.1) is 81.9 Å². The van der Waals surface area contributed by atoms with E-state index in [1.807, 2.05) is 73.1 Å². The molecule has 4 heterocycles. The molecule has 0 atom stereocenters. The van der Waals surface area contributed by atoms with Crippen LogP contribution in [0.3, 0.4) is 0 Å². The molecule has 57 heavy (non-hydrogen) atoms. The van der Waals surface area contributed by atoms with E-state index in [1.165, 1.54) is 0 Å². The minimum atomic E-state index is 0. The molecule has 0 bridgehead atoms. The van der Waals surface area contributed by atoms with Gasteiger partial charge in [0.1, 0.15) is 22.3 Å². The summed E-state index contributed by atoms with van der Waals surface area (Å²) < 4.78 is 12.6. The summed E-state index contributed by atoms with van der Waals surface area (Å²) in [5, 5.41) is 4.29. The van der Waals surface area contributed by atoms with E-state index in [0.29, 0.717) is 0 Å². The Morgan fingerprint density at radius 3 is 1.16 bits per heavy atom. The molecule has 11 rings (SSSR count). The summed E-state index contributed by atoms with van der Waals surface area (Å²) in [5.74, 6) is 0. The van der Waals surface area contributed by atoms with Gasteiger partial charge in [0, 0.05) is 33.9 Å². The minimum absolute atomic E-state index is 0. The summed E-state index contributed by atoms with van der Waals surface area (Å²) in [6.45, 7) is 0. The Labute approximate surface area is 343 Å². The molecule has 0 saturated carbocycles. The number of pyridine rings is 2. The molecule has 4 aromatic heterocycles. The van der Waals surface area contributed by atoms with Crippen LogP contribution in [-0.2, 0) is 21.1 Å². The van der Waals surface area contributed by atoms with Gasteiger partial charge < -0.3 is 8.83 Å². The van der Waals surface area contributed by atoms with Crippen LogP contribution in [0, 0.1) is 12.1 Å². The Kier molecular flexibility index (Phi) is 8.70. The molecule has 0 radical (unpaired) electrons. The Morgan fingerprint density at radius 2 is 0.719 bits per heavy atom. The van der Waals surface area contributed by atoms with Crippen LogP contribution in [0.2, 0.25) is 0 Å². The summed E-state index contributed by atoms with van der Waals surface area (Å²) in [6, 6.07) is 66.0. The molecule has 0 aliphatic heterocycles. The van der Waals surface area contributed by atoms with Crippen molar-refractivity contribution in [3.8, 4) is 67.0 Å². The third-order valence-electron chi connectivity index (χ3n) is 10.6. The molecule has 0 aliphatic rings. The fraction of sp³-hybridized carbons (Fsp3) is 0. The number of benzene rings is 7. The Bertz CT molecular complexity index is 3040. The second-order valence-corrected chi connectivity index (χ2v) is 13.9. The third-order valence-corrected chi connectivity index (χ3v) is 10.6. The summed E-state index contributed by atoms with van der Waals surface area (Å²) >= 11 is 0. The van der Waals surface area contributed by atoms with Crippen LogP contribution in [-0.4, -0.2) is 9.97 Å². The smallest absolute Gasteiger partial charge is 0.456 e. The van der Waals surface area contributed by atoms with Crippen molar-refractivity contribution in [2.45, 2.75) is 0 Å². The number of nitrogens with zero attached hydrogens (tertiary/aromatic N) is 2. The van der Waals surface area contributed by atoms with Gasteiger partial charge in [-0.2, -0.15) is 0 Å². The molecule has 5 heteroatoms. The van der Waals surface area contributed by atoms with Crippen molar-refractivity contribution in [3.63, 3.8) is 0 Å². The maximum absolute atomic E-state index is 6.32. The monoisotopic (exact) mass is 909 g/mol. The maximum Gasteiger partial charge on any atom is 2.00 e. The first-order valence-corrected chi connectivity index (χ1v) is 18.6. The van der Waals surface area contributed by atoms with Crippen LogP contribution >= 0.6 is 0 Å². The van der Waals surface area contributed by atoms with Crippen molar-refractivity contribution in [1.29, 1.82) is 0 Å². The first kappa shape index (κ1) is 34.6. The van der Waals surface area contributed by atoms with E-state index in [-0.39, 0.29) is 21.1 Å². The second-order valence-electron chi connectivity index (χ2n) is 13.9. The van der Waals surface area contributed by atoms with E-state index < -0.39 is 0 Å². The van der Waals surface area contributed by atoms with Crippen molar-refractivity contribution < 1.29 is 29.9 Å². The summed E-state index contributed by atoms with van der Waals surface area (Å²) in [4.78, 5) is 9.50. The minimum Gasteiger partial charge on any atom is -0.456 e. The second kappa shape index (κ2) is 14.3. The molecule has 0 spiro atoms. The number of aromatic nitrogens is 2. The van der Waals surface area contributed by atoms with Gasteiger partial charge in [0.05, 0.1) is 11.4 Å². The average molecular weight is 910 g/mol. The molecule has 11 aromatic rings. The quantitative estimate of drug-likeness (QED) is 0.156. The molecular weight excluding hydrogens is 880 g/mol. The summed E-state index contributed by atoms with van der Waals surface area (Å²) in [6.07, 6.45) is 3.66. The van der Waals surface area contributed by atoms with Crippen LogP contribution in [0.5, 0.6) is 0 Å². The van der Waals surface area contributed by atoms with Crippen molar-refractivity contribution in [3.05, 3.63) is 194 Å². The molecule has 0 fully saturated rings. The van der Waals surface area contributed by atoms with Crippen LogP contribution in [0.1, 0.15) is 0 Å². The predicted molar refractivity (Wildman–Crippen MR) is 227 cm³/mol. The standard InChI is InChI=1S/C52H30N2O2.Pt/c1-2-18-38(34-14-12-16-36(28-34)42-30-46-40-20-4-6-24-50(40)56-52(46)32-44(42)48-22-8-10-26-54-48)37(17-1)33-13-11-15-35(27-33)41-29-45-39-19-3-5-23-49(39)55-51(45)31-43(41)47-21-7-9-25-53-47;/h1-26,29-32H;/q-2;+2. The van der Waals surface area contributed by atoms with Crippen molar-refractivity contribution in [1.82, 2.24) is 9.97 Å². The van der Waals surface area contributed by atoms with E-state index in [1.54, 1.807) is 0 Å². The van der Waals surface area contributed by atoms with Gasteiger partial charge in [-0.05, 0) is 59.7 Å². The van der Waals surface area contributed by atoms with Gasteiger partial charge in [0.25, 0.3) is 0 Å². The molecule has 0 unspecified atom stereocenters. The van der Waals surface area contributed by atoms with Crippen molar-refractivity contribution in [2.75, 3.05) is 0 Å². The van der Waals surface area contributed by atoms with Crippen molar-refractivity contribution >= 4 is 43.9 Å². The number of furan rings is 2. The van der Waals surface area contributed by atoms with E-state index >= 15 is 0 Å². The topological polar surface area (TPSA) is 52.1 Å². The van der Waals surface area contributed by atoms with Gasteiger partial charge in [0.2, 0.25) is 0 Å². The van der Waals surface area contributed by atoms with Gasteiger partial charge >= 0.3 is 21.1 Å². The molecule has 0 N–H and O–H groups in total. The molecule has 7 aromatic carbocycles. The zero-order chi connectivity index (χ0) is 37.0. The summed E-state index contributed by atoms with van der Waals surface area (Å²) in [7, 11) is 0. The largest absolute Gasteiger partial charge is 2.00 e. The Hall–Kier alpha value is -6.87. The van der Waals surface area contributed by atoms with E-state index in [4.69, 9.17) is 18.8 Å². The Balaban J connectivity index is 0.00000396. The first-order chi connectivity index (χ1) is 27.7. The maximum atomic E-state index is 6.32. The molecule has 0 amide bonds. The van der Waals surface area contributed by atoms with E-state index in [2.05, 4.69) is 121 Å². The third kappa shape index (κ3) is 6.07. The zero-order valence-electron chi connectivity index (χ0n) is 30.3. The van der Waals surface area contributed by atoms with Gasteiger partial charge in [-0.1, -0.05) is 96.1 Å². The fourth-order valence-electron chi connectivity index (χ4n) is 7.98. The molecule has 4 nitrogen and oxygen atoms in total. The van der Waals surface area contributed by atoms with Crippen LogP contribution in [0.4, 0.5) is 0 Å². The fourth-order valence-corrected chi connectivity index (χ4v) is 7.98. The summed E-state index contributed by atoms with van der Waals surface area (Å²) in [5.41, 5.74) is 15.3. The van der Waals surface area contributed by atoms with E-state index in [9.17, 15) is 0 Å². The predicted octanol–water partition coefficient (Wildman–Crippen LogP) is 13.9. The van der Waals surface area contributed by atoms with Crippen LogP contribution < -0.4 is 0 Å². The van der Waals surface area contributed by atoms with Crippen LogP contribution in [0.25, 0.3) is 111 Å². The Morgan fingerprint density at radius 1 is 0.316 bits per heavy atom.